The Morgan fingerprint density at radius 1 is 1.24 bits per heavy atom. The Labute approximate surface area is 127 Å². The number of aromatic carboxylic acids is 1. The summed E-state index contributed by atoms with van der Waals surface area (Å²) in [5.41, 5.74) is -0.203. The van der Waals surface area contributed by atoms with Gasteiger partial charge in [0.05, 0.1) is 17.1 Å². The number of nitrogens with zero attached hydrogens (tertiary/aromatic N) is 2. The SMILES string of the molecule is CN(C)C(=O)CN(C)S(=O)(=O)c1cc(C(=O)O)ccc1Cl. The zero-order valence-corrected chi connectivity index (χ0v) is 13.3. The Morgan fingerprint density at radius 3 is 2.29 bits per heavy atom. The summed E-state index contributed by atoms with van der Waals surface area (Å²) in [6.07, 6.45) is 0. The molecule has 21 heavy (non-hydrogen) atoms. The standard InChI is InChI=1S/C12H15ClN2O5S/c1-14(2)11(16)7-15(3)21(19,20)10-6-8(12(17)18)4-5-9(10)13/h4-6H,7H2,1-3H3,(H,17,18). The van der Waals surface area contributed by atoms with Crippen molar-refractivity contribution in [2.75, 3.05) is 27.7 Å². The van der Waals surface area contributed by atoms with Gasteiger partial charge in [-0.15, -0.1) is 0 Å². The number of rotatable bonds is 5. The van der Waals surface area contributed by atoms with Crippen LogP contribution in [0, 0.1) is 0 Å². The smallest absolute Gasteiger partial charge is 0.335 e. The van der Waals surface area contributed by atoms with Crippen LogP contribution in [0.4, 0.5) is 0 Å². The molecule has 1 amide bonds. The predicted octanol–water partition coefficient (Wildman–Crippen LogP) is 0.747. The highest BCUT2D eigenvalue weighted by atomic mass is 35.5. The van der Waals surface area contributed by atoms with Crippen molar-refractivity contribution in [1.29, 1.82) is 0 Å². The number of hydrogen-bond acceptors (Lipinski definition) is 4. The number of amides is 1. The number of carboxylic acids is 1. The summed E-state index contributed by atoms with van der Waals surface area (Å²) in [7, 11) is 0.161. The third-order valence-electron chi connectivity index (χ3n) is 2.72. The van der Waals surface area contributed by atoms with Crippen LogP contribution in [0.15, 0.2) is 23.1 Å². The van der Waals surface area contributed by atoms with Crippen LogP contribution in [0.2, 0.25) is 5.02 Å². The molecule has 0 saturated carbocycles. The quantitative estimate of drug-likeness (QED) is 0.857. The van der Waals surface area contributed by atoms with E-state index < -0.39 is 21.9 Å². The number of carbonyl (C=O) groups is 2. The van der Waals surface area contributed by atoms with Gasteiger partial charge in [0.2, 0.25) is 15.9 Å². The summed E-state index contributed by atoms with van der Waals surface area (Å²) in [4.78, 5) is 23.4. The summed E-state index contributed by atoms with van der Waals surface area (Å²) in [5, 5.41) is 8.80. The van der Waals surface area contributed by atoms with Gasteiger partial charge >= 0.3 is 5.97 Å². The molecule has 9 heteroatoms. The van der Waals surface area contributed by atoms with Crippen LogP contribution in [0.1, 0.15) is 10.4 Å². The Morgan fingerprint density at radius 2 is 1.81 bits per heavy atom. The van der Waals surface area contributed by atoms with E-state index in [1.807, 2.05) is 0 Å². The van der Waals surface area contributed by atoms with Crippen LogP contribution in [0.3, 0.4) is 0 Å². The topological polar surface area (TPSA) is 95.0 Å². The molecule has 0 aliphatic rings. The number of benzene rings is 1. The van der Waals surface area contributed by atoms with E-state index in [-0.39, 0.29) is 22.0 Å². The van der Waals surface area contributed by atoms with Crippen molar-refractivity contribution < 1.29 is 23.1 Å². The minimum atomic E-state index is -4.06. The van der Waals surface area contributed by atoms with Crippen LogP contribution in [0.5, 0.6) is 0 Å². The normalized spacial score (nSPS) is 11.5. The molecule has 7 nitrogen and oxygen atoms in total. The van der Waals surface area contributed by atoms with Crippen LogP contribution in [-0.2, 0) is 14.8 Å². The van der Waals surface area contributed by atoms with E-state index in [4.69, 9.17) is 16.7 Å². The fourth-order valence-electron chi connectivity index (χ4n) is 1.42. The molecule has 0 aliphatic heterocycles. The minimum Gasteiger partial charge on any atom is -0.478 e. The molecule has 0 unspecified atom stereocenters. The van der Waals surface area contributed by atoms with E-state index in [0.29, 0.717) is 0 Å². The third kappa shape index (κ3) is 3.93. The van der Waals surface area contributed by atoms with Crippen LogP contribution < -0.4 is 0 Å². The Hall–Kier alpha value is -1.64. The highest BCUT2D eigenvalue weighted by Crippen LogP contribution is 2.25. The first-order valence-corrected chi connectivity index (χ1v) is 7.58. The maximum Gasteiger partial charge on any atom is 0.335 e. The molecule has 1 N–H and O–H groups in total. The van der Waals surface area contributed by atoms with Gasteiger partial charge in [-0.2, -0.15) is 4.31 Å². The number of likely N-dealkylation sites (N-methyl/N-ethyl adjacent to an activating group) is 2. The van der Waals surface area contributed by atoms with Gasteiger partial charge in [-0.05, 0) is 18.2 Å². The molecule has 1 rings (SSSR count). The van der Waals surface area contributed by atoms with Crippen LogP contribution in [-0.4, -0.2) is 62.3 Å². The lowest BCUT2D eigenvalue weighted by Crippen LogP contribution is -2.37. The maximum atomic E-state index is 12.4. The van der Waals surface area contributed by atoms with Crippen molar-refractivity contribution in [2.24, 2.45) is 0 Å². The van der Waals surface area contributed by atoms with Crippen molar-refractivity contribution >= 4 is 33.5 Å². The summed E-state index contributed by atoms with van der Waals surface area (Å²) in [5.74, 6) is -1.68. The van der Waals surface area contributed by atoms with Gasteiger partial charge in [-0.3, -0.25) is 4.79 Å². The monoisotopic (exact) mass is 334 g/mol. The minimum absolute atomic E-state index is 0.107. The first kappa shape index (κ1) is 17.4. The molecule has 0 spiro atoms. The summed E-state index contributed by atoms with van der Waals surface area (Å²) < 4.78 is 25.5. The molecule has 0 saturated heterocycles. The molecular weight excluding hydrogens is 320 g/mol. The van der Waals surface area contributed by atoms with E-state index in [0.717, 1.165) is 10.4 Å². The molecule has 0 bridgehead atoms. The average molecular weight is 335 g/mol. The number of halogens is 1. The zero-order chi connectivity index (χ0) is 16.4. The number of hydrogen-bond donors (Lipinski definition) is 1. The van der Waals surface area contributed by atoms with E-state index in [1.165, 1.54) is 38.2 Å². The van der Waals surface area contributed by atoms with Crippen molar-refractivity contribution in [1.82, 2.24) is 9.21 Å². The molecule has 0 fully saturated rings. The molecule has 1 aromatic rings. The van der Waals surface area contributed by atoms with Crippen molar-refractivity contribution in [2.45, 2.75) is 4.90 Å². The maximum absolute atomic E-state index is 12.4. The van der Waals surface area contributed by atoms with Gasteiger partial charge in [0.25, 0.3) is 0 Å². The van der Waals surface area contributed by atoms with E-state index in [2.05, 4.69) is 0 Å². The zero-order valence-electron chi connectivity index (χ0n) is 11.7. The fraction of sp³-hybridized carbons (Fsp3) is 0.333. The van der Waals surface area contributed by atoms with Crippen LogP contribution >= 0.6 is 11.6 Å². The van der Waals surface area contributed by atoms with Gasteiger partial charge in [0.15, 0.2) is 0 Å². The molecule has 1 aromatic carbocycles. The highest BCUT2D eigenvalue weighted by molar-refractivity contribution is 7.89. The largest absolute Gasteiger partial charge is 0.478 e. The molecule has 0 aromatic heterocycles. The molecule has 0 atom stereocenters. The van der Waals surface area contributed by atoms with Gasteiger partial charge in [-0.25, -0.2) is 13.2 Å². The van der Waals surface area contributed by atoms with Gasteiger partial charge in [0.1, 0.15) is 4.90 Å². The lowest BCUT2D eigenvalue weighted by Gasteiger charge is -2.19. The van der Waals surface area contributed by atoms with E-state index >= 15 is 0 Å². The molecule has 0 aliphatic carbocycles. The molecule has 0 heterocycles. The number of carboxylic acid groups (broad SMARTS) is 1. The second-order valence-corrected chi connectivity index (χ2v) is 6.92. The molecular formula is C12H15ClN2O5S. The first-order chi connectivity index (χ1) is 9.57. The van der Waals surface area contributed by atoms with Crippen molar-refractivity contribution in [3.05, 3.63) is 28.8 Å². The lowest BCUT2D eigenvalue weighted by atomic mass is 10.2. The van der Waals surface area contributed by atoms with E-state index in [9.17, 15) is 18.0 Å². The van der Waals surface area contributed by atoms with Gasteiger partial charge in [-0.1, -0.05) is 11.6 Å². The summed E-state index contributed by atoms with van der Waals surface area (Å²) >= 11 is 5.83. The number of carbonyl (C=O) groups excluding carboxylic acids is 1. The van der Waals surface area contributed by atoms with E-state index in [1.54, 1.807) is 0 Å². The predicted molar refractivity (Wildman–Crippen MR) is 76.9 cm³/mol. The highest BCUT2D eigenvalue weighted by Gasteiger charge is 2.26. The summed E-state index contributed by atoms with van der Waals surface area (Å²) in [6, 6.07) is 3.37. The fourth-order valence-corrected chi connectivity index (χ4v) is 3.04. The van der Waals surface area contributed by atoms with Crippen molar-refractivity contribution in [3.63, 3.8) is 0 Å². The Bertz CT molecular complexity index is 672. The first-order valence-electron chi connectivity index (χ1n) is 5.76. The van der Waals surface area contributed by atoms with Crippen LogP contribution in [0.25, 0.3) is 0 Å². The lowest BCUT2D eigenvalue weighted by molar-refractivity contribution is -0.128. The third-order valence-corrected chi connectivity index (χ3v) is 5.01. The molecule has 116 valence electrons. The Balaban J connectivity index is 3.21. The van der Waals surface area contributed by atoms with Gasteiger partial charge < -0.3 is 10.0 Å². The van der Waals surface area contributed by atoms with Gasteiger partial charge in [0, 0.05) is 21.1 Å². The van der Waals surface area contributed by atoms with Crippen molar-refractivity contribution in [3.8, 4) is 0 Å². The Kier molecular flexibility index (Phi) is 5.32. The number of sulfonamides is 1. The molecule has 0 radical (unpaired) electrons. The summed E-state index contributed by atoms with van der Waals surface area (Å²) in [6.45, 7) is -0.372. The average Bonchev–Trinajstić information content (AvgIpc) is 2.38. The second-order valence-electron chi connectivity index (χ2n) is 4.50. The second kappa shape index (κ2) is 6.42.